The molecule has 4 nitrogen and oxygen atoms in total. The van der Waals surface area contributed by atoms with E-state index in [1.54, 1.807) is 13.8 Å². The van der Waals surface area contributed by atoms with Crippen molar-refractivity contribution in [2.24, 2.45) is 0 Å². The highest BCUT2D eigenvalue weighted by atomic mass is 16.5. The molecular formula is C11H26O4. The lowest BCUT2D eigenvalue weighted by atomic mass is 10.4. The van der Waals surface area contributed by atoms with Crippen LogP contribution in [0.2, 0.25) is 0 Å². The Morgan fingerprint density at radius 1 is 1.20 bits per heavy atom. The molecule has 0 aliphatic rings. The van der Waals surface area contributed by atoms with Gasteiger partial charge >= 0.3 is 5.97 Å². The first-order valence-corrected chi connectivity index (χ1v) is 5.39. The number of hydrogen-bond donors (Lipinski definition) is 2. The lowest BCUT2D eigenvalue weighted by Crippen LogP contribution is -1.90. The fourth-order valence-corrected chi connectivity index (χ4v) is 0.418. The summed E-state index contributed by atoms with van der Waals surface area (Å²) in [5.74, 6) is -0.711. The van der Waals surface area contributed by atoms with Crippen molar-refractivity contribution in [1.82, 2.24) is 0 Å². The monoisotopic (exact) mass is 222 g/mol. The van der Waals surface area contributed by atoms with Crippen LogP contribution in [0.4, 0.5) is 0 Å². The summed E-state index contributed by atoms with van der Waals surface area (Å²) in [5.41, 5.74) is 0. The summed E-state index contributed by atoms with van der Waals surface area (Å²) in [5, 5.41) is 16.0. The van der Waals surface area contributed by atoms with Crippen LogP contribution in [0, 0.1) is 0 Å². The number of carboxylic acid groups (broad SMARTS) is 1. The van der Waals surface area contributed by atoms with Gasteiger partial charge in [0.25, 0.3) is 0 Å². The predicted octanol–water partition coefficient (Wildman–Crippen LogP) is 2.30. The summed E-state index contributed by atoms with van der Waals surface area (Å²) in [6.07, 6.45) is 0.856. The van der Waals surface area contributed by atoms with Crippen LogP contribution in [0.15, 0.2) is 0 Å². The molecule has 0 amide bonds. The second-order valence-corrected chi connectivity index (χ2v) is 3.02. The van der Waals surface area contributed by atoms with Crippen molar-refractivity contribution in [3.8, 4) is 0 Å². The zero-order valence-electron chi connectivity index (χ0n) is 10.6. The smallest absolute Gasteiger partial charge is 0.303 e. The average Bonchev–Trinajstić information content (AvgIpc) is 2.05. The number of hydrogen-bond acceptors (Lipinski definition) is 3. The number of aliphatic hydroxyl groups excluding tert-OH is 1. The van der Waals surface area contributed by atoms with Crippen LogP contribution in [0.3, 0.4) is 0 Å². The molecule has 15 heavy (non-hydrogen) atoms. The van der Waals surface area contributed by atoms with Crippen molar-refractivity contribution in [2.75, 3.05) is 13.2 Å². The third-order valence-corrected chi connectivity index (χ3v) is 0.872. The number of rotatable bonds is 4. The van der Waals surface area contributed by atoms with Gasteiger partial charge in [0.1, 0.15) is 0 Å². The Kier molecular flexibility index (Phi) is 25.2. The molecule has 0 unspecified atom stereocenters. The van der Waals surface area contributed by atoms with Crippen LogP contribution in [0.1, 0.15) is 47.5 Å². The molecule has 0 radical (unpaired) electrons. The molecule has 0 aromatic rings. The number of aliphatic hydroxyl groups is 1. The maximum atomic E-state index is 9.60. The second-order valence-electron chi connectivity index (χ2n) is 3.02. The van der Waals surface area contributed by atoms with Gasteiger partial charge in [-0.2, -0.15) is 0 Å². The number of ether oxygens (including phenoxy) is 1. The van der Waals surface area contributed by atoms with Crippen LogP contribution in [-0.4, -0.2) is 35.5 Å². The van der Waals surface area contributed by atoms with Gasteiger partial charge in [-0.3, -0.25) is 4.79 Å². The normalized spacial score (nSPS) is 8.47. The highest BCUT2D eigenvalue weighted by Crippen LogP contribution is 1.82. The van der Waals surface area contributed by atoms with Gasteiger partial charge in [0.05, 0.1) is 0 Å². The van der Waals surface area contributed by atoms with Gasteiger partial charge in [-0.15, -0.1) is 0 Å². The third kappa shape index (κ3) is 90.1. The lowest BCUT2D eigenvalue weighted by Gasteiger charge is -1.86. The SMILES string of the molecule is CC(C)O.CCCC(=O)O.CCOCC. The van der Waals surface area contributed by atoms with E-state index < -0.39 is 5.97 Å². The molecule has 0 bridgehead atoms. The molecule has 4 heteroatoms. The standard InChI is InChI=1S/C4H8O2.C4H10O.C3H8O/c1-2-3-4(5)6;1-3-5-4-2;1-3(2)4/h2-3H2,1H3,(H,5,6);3-4H2,1-2H3;3-4H,1-2H3. The topological polar surface area (TPSA) is 66.8 Å². The van der Waals surface area contributed by atoms with E-state index in [0.29, 0.717) is 6.42 Å². The molecule has 0 atom stereocenters. The Balaban J connectivity index is -0.000000147. The molecule has 0 heterocycles. The minimum absolute atomic E-state index is 0.167. The van der Waals surface area contributed by atoms with Crippen molar-refractivity contribution in [3.63, 3.8) is 0 Å². The van der Waals surface area contributed by atoms with Gasteiger partial charge in [0, 0.05) is 25.7 Å². The fourth-order valence-electron chi connectivity index (χ4n) is 0.418. The van der Waals surface area contributed by atoms with E-state index in [1.165, 1.54) is 0 Å². The molecule has 94 valence electrons. The van der Waals surface area contributed by atoms with Crippen molar-refractivity contribution in [3.05, 3.63) is 0 Å². The molecule has 0 aromatic heterocycles. The van der Waals surface area contributed by atoms with Gasteiger partial charge in [-0.05, 0) is 34.1 Å². The van der Waals surface area contributed by atoms with Crippen molar-refractivity contribution < 1.29 is 19.7 Å². The first-order chi connectivity index (χ1) is 6.92. The molecule has 0 spiro atoms. The third-order valence-electron chi connectivity index (χ3n) is 0.872. The van der Waals surface area contributed by atoms with Gasteiger partial charge in [-0.25, -0.2) is 0 Å². The Morgan fingerprint density at radius 3 is 1.53 bits per heavy atom. The zero-order valence-corrected chi connectivity index (χ0v) is 10.6. The zero-order chi connectivity index (χ0) is 12.7. The maximum Gasteiger partial charge on any atom is 0.303 e. The quantitative estimate of drug-likeness (QED) is 0.766. The van der Waals surface area contributed by atoms with Crippen LogP contribution < -0.4 is 0 Å². The molecule has 2 N–H and O–H groups in total. The Bertz CT molecular complexity index is 108. The highest BCUT2D eigenvalue weighted by molar-refractivity contribution is 5.66. The highest BCUT2D eigenvalue weighted by Gasteiger charge is 1.87. The summed E-state index contributed by atoms with van der Waals surface area (Å²) < 4.78 is 4.83. The van der Waals surface area contributed by atoms with E-state index in [1.807, 2.05) is 20.8 Å². The minimum Gasteiger partial charge on any atom is -0.481 e. The minimum atomic E-state index is -0.711. The molecular weight excluding hydrogens is 196 g/mol. The van der Waals surface area contributed by atoms with Crippen molar-refractivity contribution in [2.45, 2.75) is 53.6 Å². The summed E-state index contributed by atoms with van der Waals surface area (Å²) in [4.78, 5) is 9.60. The van der Waals surface area contributed by atoms with Crippen molar-refractivity contribution in [1.29, 1.82) is 0 Å². The second kappa shape index (κ2) is 19.0. The number of aliphatic carboxylic acids is 1. The average molecular weight is 222 g/mol. The van der Waals surface area contributed by atoms with E-state index in [9.17, 15) is 4.79 Å². The van der Waals surface area contributed by atoms with E-state index in [-0.39, 0.29) is 6.10 Å². The maximum absolute atomic E-state index is 9.60. The van der Waals surface area contributed by atoms with E-state index in [4.69, 9.17) is 14.9 Å². The summed E-state index contributed by atoms with van der Waals surface area (Å²) >= 11 is 0. The molecule has 0 saturated heterocycles. The molecule has 0 rings (SSSR count). The van der Waals surface area contributed by atoms with Gasteiger partial charge in [-0.1, -0.05) is 6.92 Å². The Labute approximate surface area is 93.3 Å². The largest absolute Gasteiger partial charge is 0.481 e. The van der Waals surface area contributed by atoms with Crippen LogP contribution in [0.5, 0.6) is 0 Å². The fraction of sp³-hybridized carbons (Fsp3) is 0.909. The Morgan fingerprint density at radius 2 is 1.53 bits per heavy atom. The van der Waals surface area contributed by atoms with E-state index >= 15 is 0 Å². The van der Waals surface area contributed by atoms with Crippen LogP contribution in [0.25, 0.3) is 0 Å². The first kappa shape index (κ1) is 19.9. The number of carbonyl (C=O) groups is 1. The summed E-state index contributed by atoms with van der Waals surface area (Å²) in [6.45, 7) is 11.0. The van der Waals surface area contributed by atoms with E-state index in [2.05, 4.69) is 0 Å². The summed E-state index contributed by atoms with van der Waals surface area (Å²) in [6, 6.07) is 0. The predicted molar refractivity (Wildman–Crippen MR) is 62.1 cm³/mol. The Hall–Kier alpha value is -0.610. The number of carboxylic acids is 1. The molecule has 0 fully saturated rings. The summed E-state index contributed by atoms with van der Waals surface area (Å²) in [7, 11) is 0. The van der Waals surface area contributed by atoms with Gasteiger partial charge in [0.2, 0.25) is 0 Å². The molecule has 0 aliphatic carbocycles. The van der Waals surface area contributed by atoms with E-state index in [0.717, 1.165) is 19.6 Å². The molecule has 0 aromatic carbocycles. The molecule has 0 saturated carbocycles. The van der Waals surface area contributed by atoms with Gasteiger partial charge in [0.15, 0.2) is 0 Å². The van der Waals surface area contributed by atoms with Crippen molar-refractivity contribution >= 4 is 5.97 Å². The van der Waals surface area contributed by atoms with Crippen LogP contribution in [-0.2, 0) is 9.53 Å². The molecule has 0 aliphatic heterocycles. The van der Waals surface area contributed by atoms with Gasteiger partial charge < -0.3 is 14.9 Å². The first-order valence-electron chi connectivity index (χ1n) is 5.39. The lowest BCUT2D eigenvalue weighted by molar-refractivity contribution is -0.137. The van der Waals surface area contributed by atoms with Crippen LogP contribution >= 0.6 is 0 Å².